The summed E-state index contributed by atoms with van der Waals surface area (Å²) in [6.07, 6.45) is 7.69. The first-order chi connectivity index (χ1) is 4.81. The molecule has 0 bridgehead atoms. The van der Waals surface area contributed by atoms with E-state index in [1.54, 1.807) is 0 Å². The lowest BCUT2D eigenvalue weighted by Crippen LogP contribution is -1.98. The second-order valence-electron chi connectivity index (χ2n) is 2.74. The lowest BCUT2D eigenvalue weighted by atomic mass is 10.1. The largest absolute Gasteiger partial charge is 0.396 e. The van der Waals surface area contributed by atoms with Crippen molar-refractivity contribution < 1.29 is 5.11 Å². The van der Waals surface area contributed by atoms with Gasteiger partial charge in [0.25, 0.3) is 0 Å². The highest BCUT2D eigenvalue weighted by molar-refractivity contribution is 4.80. The topological polar surface area (TPSA) is 20.2 Å². The summed E-state index contributed by atoms with van der Waals surface area (Å²) in [7, 11) is 0. The number of rotatable bonds is 5. The Morgan fingerprint density at radius 3 is 2.60 bits per heavy atom. The van der Waals surface area contributed by atoms with Crippen molar-refractivity contribution in [1.29, 1.82) is 0 Å². The summed E-state index contributed by atoms with van der Waals surface area (Å²) >= 11 is 0. The minimum Gasteiger partial charge on any atom is -0.396 e. The summed E-state index contributed by atoms with van der Waals surface area (Å²) < 4.78 is 0. The molecule has 1 N–H and O–H groups in total. The van der Waals surface area contributed by atoms with Crippen molar-refractivity contribution in [2.45, 2.75) is 33.1 Å². The molecule has 60 valence electrons. The van der Waals surface area contributed by atoms with E-state index in [4.69, 9.17) is 5.11 Å². The van der Waals surface area contributed by atoms with E-state index in [0.29, 0.717) is 12.5 Å². The molecule has 0 radical (unpaired) electrons. The van der Waals surface area contributed by atoms with Gasteiger partial charge in [0.15, 0.2) is 0 Å². The molecule has 10 heavy (non-hydrogen) atoms. The predicted molar refractivity (Wildman–Crippen MR) is 44.9 cm³/mol. The van der Waals surface area contributed by atoms with Crippen LogP contribution >= 0.6 is 0 Å². The SMILES string of the molecule is CC/C=C/CCC(C)CO. The van der Waals surface area contributed by atoms with Crippen LogP contribution in [0, 0.1) is 5.92 Å². The highest BCUT2D eigenvalue weighted by atomic mass is 16.3. The van der Waals surface area contributed by atoms with E-state index in [1.165, 1.54) is 0 Å². The van der Waals surface area contributed by atoms with Gasteiger partial charge in [-0.1, -0.05) is 26.0 Å². The van der Waals surface area contributed by atoms with Crippen molar-refractivity contribution in [3.05, 3.63) is 12.2 Å². The predicted octanol–water partition coefficient (Wildman–Crippen LogP) is 2.36. The highest BCUT2D eigenvalue weighted by Gasteiger charge is 1.95. The summed E-state index contributed by atoms with van der Waals surface area (Å²) in [6.45, 7) is 4.52. The van der Waals surface area contributed by atoms with Gasteiger partial charge in [0.1, 0.15) is 0 Å². The minimum absolute atomic E-state index is 0.319. The zero-order chi connectivity index (χ0) is 7.82. The minimum atomic E-state index is 0.319. The van der Waals surface area contributed by atoms with Gasteiger partial charge in [-0.2, -0.15) is 0 Å². The molecular formula is C9H18O. The molecule has 1 unspecified atom stereocenters. The summed E-state index contributed by atoms with van der Waals surface area (Å²) in [5.41, 5.74) is 0. The normalized spacial score (nSPS) is 14.3. The Morgan fingerprint density at radius 2 is 2.10 bits per heavy atom. The number of hydrogen-bond donors (Lipinski definition) is 1. The third-order valence-electron chi connectivity index (χ3n) is 1.54. The molecule has 0 aromatic rings. The van der Waals surface area contributed by atoms with Crippen molar-refractivity contribution in [2.24, 2.45) is 5.92 Å². The van der Waals surface area contributed by atoms with Crippen molar-refractivity contribution in [3.8, 4) is 0 Å². The van der Waals surface area contributed by atoms with E-state index in [2.05, 4.69) is 26.0 Å². The maximum Gasteiger partial charge on any atom is 0.0456 e. The van der Waals surface area contributed by atoms with Crippen LogP contribution in [0.15, 0.2) is 12.2 Å². The average Bonchev–Trinajstić information content (AvgIpc) is 1.98. The fraction of sp³-hybridized carbons (Fsp3) is 0.778. The van der Waals surface area contributed by atoms with Crippen LogP contribution in [-0.2, 0) is 0 Å². The number of aliphatic hydroxyl groups is 1. The van der Waals surface area contributed by atoms with Crippen molar-refractivity contribution >= 4 is 0 Å². The van der Waals surface area contributed by atoms with E-state index in [1.807, 2.05) is 0 Å². The fourth-order valence-electron chi connectivity index (χ4n) is 0.757. The van der Waals surface area contributed by atoms with Gasteiger partial charge < -0.3 is 5.11 Å². The molecule has 0 saturated carbocycles. The Kier molecular flexibility index (Phi) is 6.61. The molecule has 0 rings (SSSR count). The number of aliphatic hydroxyl groups excluding tert-OH is 1. The maximum atomic E-state index is 8.67. The molecule has 0 aromatic heterocycles. The van der Waals surface area contributed by atoms with Crippen molar-refractivity contribution in [3.63, 3.8) is 0 Å². The van der Waals surface area contributed by atoms with Crippen molar-refractivity contribution in [1.82, 2.24) is 0 Å². The first-order valence-electron chi connectivity index (χ1n) is 4.07. The summed E-state index contributed by atoms with van der Waals surface area (Å²) in [5.74, 6) is 0.460. The molecule has 0 saturated heterocycles. The molecular weight excluding hydrogens is 124 g/mol. The highest BCUT2D eigenvalue weighted by Crippen LogP contribution is 2.04. The quantitative estimate of drug-likeness (QED) is 0.584. The molecule has 0 amide bonds. The smallest absolute Gasteiger partial charge is 0.0456 e. The molecule has 0 aliphatic rings. The molecule has 1 nitrogen and oxygen atoms in total. The Balaban J connectivity index is 3.10. The lowest BCUT2D eigenvalue weighted by molar-refractivity contribution is 0.231. The van der Waals surface area contributed by atoms with E-state index < -0.39 is 0 Å². The molecule has 0 heterocycles. The molecule has 1 heteroatoms. The lowest BCUT2D eigenvalue weighted by Gasteiger charge is -2.02. The Bertz CT molecular complexity index is 86.7. The summed E-state index contributed by atoms with van der Waals surface area (Å²) in [4.78, 5) is 0. The van der Waals surface area contributed by atoms with Gasteiger partial charge in [0.05, 0.1) is 0 Å². The Morgan fingerprint density at radius 1 is 1.40 bits per heavy atom. The van der Waals surface area contributed by atoms with Gasteiger partial charge in [-0.25, -0.2) is 0 Å². The third kappa shape index (κ3) is 5.83. The van der Waals surface area contributed by atoms with Crippen LogP contribution in [0.2, 0.25) is 0 Å². The molecule has 0 aliphatic heterocycles. The van der Waals surface area contributed by atoms with Gasteiger partial charge in [0, 0.05) is 6.61 Å². The first-order valence-corrected chi connectivity index (χ1v) is 4.07. The van der Waals surface area contributed by atoms with Crippen LogP contribution in [0.1, 0.15) is 33.1 Å². The van der Waals surface area contributed by atoms with E-state index in [9.17, 15) is 0 Å². The van der Waals surface area contributed by atoms with Gasteiger partial charge in [-0.3, -0.25) is 0 Å². The van der Waals surface area contributed by atoms with Crippen LogP contribution in [0.25, 0.3) is 0 Å². The van der Waals surface area contributed by atoms with Crippen molar-refractivity contribution in [2.75, 3.05) is 6.61 Å². The second-order valence-corrected chi connectivity index (χ2v) is 2.74. The number of allylic oxidation sites excluding steroid dienone is 2. The second kappa shape index (κ2) is 6.81. The third-order valence-corrected chi connectivity index (χ3v) is 1.54. The van der Waals surface area contributed by atoms with Crippen LogP contribution in [0.3, 0.4) is 0 Å². The Labute approximate surface area is 63.8 Å². The van der Waals surface area contributed by atoms with Crippen LogP contribution in [-0.4, -0.2) is 11.7 Å². The molecule has 1 atom stereocenters. The monoisotopic (exact) mass is 142 g/mol. The van der Waals surface area contributed by atoms with Gasteiger partial charge >= 0.3 is 0 Å². The molecule has 0 spiro atoms. The van der Waals surface area contributed by atoms with Crippen LogP contribution in [0.4, 0.5) is 0 Å². The number of hydrogen-bond acceptors (Lipinski definition) is 1. The van der Waals surface area contributed by atoms with Gasteiger partial charge in [-0.15, -0.1) is 0 Å². The molecule has 0 fully saturated rings. The molecule has 0 aromatic carbocycles. The maximum absolute atomic E-state index is 8.67. The summed E-state index contributed by atoms with van der Waals surface area (Å²) in [5, 5.41) is 8.67. The van der Waals surface area contributed by atoms with Crippen LogP contribution < -0.4 is 0 Å². The Hall–Kier alpha value is -0.300. The van der Waals surface area contributed by atoms with Gasteiger partial charge in [-0.05, 0) is 25.2 Å². The first kappa shape index (κ1) is 9.70. The molecule has 0 aliphatic carbocycles. The van der Waals surface area contributed by atoms with E-state index >= 15 is 0 Å². The van der Waals surface area contributed by atoms with E-state index in [0.717, 1.165) is 19.3 Å². The zero-order valence-electron chi connectivity index (χ0n) is 7.01. The van der Waals surface area contributed by atoms with E-state index in [-0.39, 0.29) is 0 Å². The standard InChI is InChI=1S/C9H18O/c1-3-4-5-6-7-9(2)8-10/h4-5,9-10H,3,6-8H2,1-2H3/b5-4+. The van der Waals surface area contributed by atoms with Gasteiger partial charge in [0.2, 0.25) is 0 Å². The average molecular weight is 142 g/mol. The fourth-order valence-corrected chi connectivity index (χ4v) is 0.757. The van der Waals surface area contributed by atoms with Crippen LogP contribution in [0.5, 0.6) is 0 Å². The zero-order valence-corrected chi connectivity index (χ0v) is 7.01. The summed E-state index contributed by atoms with van der Waals surface area (Å²) in [6, 6.07) is 0.